The third kappa shape index (κ3) is 5.03. The second-order valence-electron chi connectivity index (χ2n) is 7.39. The fraction of sp³-hybridized carbons (Fsp3) is 0.500. The van der Waals surface area contributed by atoms with Gasteiger partial charge >= 0.3 is 5.76 Å². The third-order valence-electron chi connectivity index (χ3n) is 5.33. The van der Waals surface area contributed by atoms with Crippen molar-refractivity contribution in [3.8, 4) is 0 Å². The van der Waals surface area contributed by atoms with Crippen LogP contribution in [0.4, 0.5) is 14.5 Å². The molecule has 10 heteroatoms. The lowest BCUT2D eigenvalue weighted by molar-refractivity contribution is -0.113. The quantitative estimate of drug-likeness (QED) is 0.608. The Morgan fingerprint density at radius 2 is 1.83 bits per heavy atom. The Hall–Kier alpha value is -1.94. The highest BCUT2D eigenvalue weighted by molar-refractivity contribution is 7.99. The van der Waals surface area contributed by atoms with E-state index in [0.717, 1.165) is 41.5 Å². The number of alkyl halides is 2. The first-order valence-corrected chi connectivity index (χ1v) is 12.3. The van der Waals surface area contributed by atoms with Gasteiger partial charge < -0.3 is 9.88 Å². The summed E-state index contributed by atoms with van der Waals surface area (Å²) in [6, 6.07) is 5.14. The number of anilines is 1. The molecule has 0 spiro atoms. The summed E-state index contributed by atoms with van der Waals surface area (Å²) >= 11 is 1.36. The number of carbonyl (C=O) groups excluding carboxylic acids is 1. The zero-order chi connectivity index (χ0) is 21.9. The van der Waals surface area contributed by atoms with Crippen LogP contribution in [-0.2, 0) is 14.6 Å². The van der Waals surface area contributed by atoms with Gasteiger partial charge in [-0.2, -0.15) is 8.78 Å². The second-order valence-corrected chi connectivity index (χ2v) is 10.3. The number of carbonyl (C=O) groups is 1. The number of imidazole rings is 1. The molecule has 0 radical (unpaired) electrons. The Bertz CT molecular complexity index is 999. The number of benzene rings is 1. The highest BCUT2D eigenvalue weighted by atomic mass is 32.2. The number of halogens is 2. The molecular formula is C20H25F2N3O3S2. The Morgan fingerprint density at radius 3 is 2.43 bits per heavy atom. The number of aryl methyl sites for hydroxylation is 1. The molecule has 30 heavy (non-hydrogen) atoms. The van der Waals surface area contributed by atoms with Gasteiger partial charge in [0, 0.05) is 17.4 Å². The molecule has 1 amide bonds. The van der Waals surface area contributed by atoms with Gasteiger partial charge in [-0.15, -0.1) is 0 Å². The summed E-state index contributed by atoms with van der Waals surface area (Å²) in [7, 11) is -4.65. The topological polar surface area (TPSA) is 81.1 Å². The number of thioether (sulfide) groups is 1. The lowest BCUT2D eigenvalue weighted by Crippen LogP contribution is -2.17. The predicted octanol–water partition coefficient (Wildman–Crippen LogP) is 4.73. The van der Waals surface area contributed by atoms with Crippen LogP contribution in [0.25, 0.3) is 0 Å². The van der Waals surface area contributed by atoms with E-state index < -0.39 is 20.5 Å². The van der Waals surface area contributed by atoms with Gasteiger partial charge in [0.1, 0.15) is 0 Å². The van der Waals surface area contributed by atoms with E-state index in [1.54, 1.807) is 0 Å². The van der Waals surface area contributed by atoms with Crippen LogP contribution in [0.1, 0.15) is 49.5 Å². The molecule has 0 bridgehead atoms. The Morgan fingerprint density at radius 1 is 1.20 bits per heavy atom. The standard InChI is InChI=1S/C20H25F2N3O3S2/c1-13-14(2)25(16-6-4-3-5-7-16)20(23-13)29-12-18(26)24-15-8-10-17(11-9-15)30(27,28)19(21)22/h8-11,16,19H,3-7,12H2,1-2H3,(H,24,26). The first-order chi connectivity index (χ1) is 14.2. The monoisotopic (exact) mass is 457 g/mol. The summed E-state index contributed by atoms with van der Waals surface area (Å²) in [6.07, 6.45) is 5.88. The zero-order valence-corrected chi connectivity index (χ0v) is 18.5. The number of nitrogens with one attached hydrogen (secondary N) is 1. The maximum absolute atomic E-state index is 12.6. The number of rotatable bonds is 7. The Kier molecular flexibility index (Phi) is 7.18. The van der Waals surface area contributed by atoms with E-state index in [2.05, 4.69) is 21.8 Å². The minimum Gasteiger partial charge on any atom is -0.325 e. The molecule has 1 saturated carbocycles. The largest absolute Gasteiger partial charge is 0.341 e. The van der Waals surface area contributed by atoms with Gasteiger partial charge in [-0.1, -0.05) is 31.0 Å². The van der Waals surface area contributed by atoms with Crippen LogP contribution in [0, 0.1) is 13.8 Å². The van der Waals surface area contributed by atoms with Gasteiger partial charge in [0.2, 0.25) is 15.7 Å². The van der Waals surface area contributed by atoms with Crippen LogP contribution < -0.4 is 5.32 Å². The maximum Gasteiger partial charge on any atom is 0.341 e. The number of hydrogen-bond donors (Lipinski definition) is 1. The van der Waals surface area contributed by atoms with E-state index >= 15 is 0 Å². The maximum atomic E-state index is 12.6. The van der Waals surface area contributed by atoms with Crippen molar-refractivity contribution in [3.63, 3.8) is 0 Å². The molecule has 0 saturated heterocycles. The van der Waals surface area contributed by atoms with E-state index in [4.69, 9.17) is 0 Å². The summed E-state index contributed by atoms with van der Waals surface area (Å²) in [5.74, 6) is -3.62. The fourth-order valence-electron chi connectivity index (χ4n) is 3.63. The van der Waals surface area contributed by atoms with Crippen molar-refractivity contribution in [2.24, 2.45) is 0 Å². The first kappa shape index (κ1) is 22.7. The van der Waals surface area contributed by atoms with Crippen LogP contribution in [0.15, 0.2) is 34.3 Å². The molecule has 0 atom stereocenters. The first-order valence-electron chi connectivity index (χ1n) is 9.80. The number of sulfone groups is 1. The molecule has 164 valence electrons. The molecule has 1 fully saturated rings. The highest BCUT2D eigenvalue weighted by Crippen LogP contribution is 2.34. The van der Waals surface area contributed by atoms with Crippen molar-refractivity contribution in [1.82, 2.24) is 9.55 Å². The number of hydrogen-bond acceptors (Lipinski definition) is 5. The van der Waals surface area contributed by atoms with E-state index in [-0.39, 0.29) is 11.7 Å². The summed E-state index contributed by atoms with van der Waals surface area (Å²) in [5, 5.41) is 3.49. The molecule has 1 aromatic heterocycles. The number of amides is 1. The van der Waals surface area contributed by atoms with Gasteiger partial charge in [-0.3, -0.25) is 4.79 Å². The van der Waals surface area contributed by atoms with Crippen molar-refractivity contribution in [1.29, 1.82) is 0 Å². The average Bonchev–Trinajstić information content (AvgIpc) is 3.01. The highest BCUT2D eigenvalue weighted by Gasteiger charge is 2.26. The lowest BCUT2D eigenvalue weighted by atomic mass is 9.95. The van der Waals surface area contributed by atoms with Gasteiger partial charge in [0.05, 0.1) is 16.3 Å². The van der Waals surface area contributed by atoms with Crippen LogP contribution in [0.5, 0.6) is 0 Å². The van der Waals surface area contributed by atoms with Gasteiger partial charge in [0.15, 0.2) is 5.16 Å². The Labute approximate surface area is 179 Å². The van der Waals surface area contributed by atoms with Crippen molar-refractivity contribution in [3.05, 3.63) is 35.7 Å². The molecule has 1 aliphatic carbocycles. The molecule has 1 N–H and O–H groups in total. The van der Waals surface area contributed by atoms with Crippen LogP contribution >= 0.6 is 11.8 Å². The molecule has 0 unspecified atom stereocenters. The van der Waals surface area contributed by atoms with Crippen LogP contribution in [0.3, 0.4) is 0 Å². The van der Waals surface area contributed by atoms with E-state index in [0.29, 0.717) is 11.7 Å². The molecule has 1 aliphatic rings. The third-order valence-corrected chi connectivity index (χ3v) is 7.68. The molecule has 0 aliphatic heterocycles. The minimum absolute atomic E-state index is 0.139. The average molecular weight is 458 g/mol. The van der Waals surface area contributed by atoms with Crippen molar-refractivity contribution in [2.75, 3.05) is 11.1 Å². The van der Waals surface area contributed by atoms with Crippen molar-refractivity contribution in [2.45, 2.75) is 67.8 Å². The van der Waals surface area contributed by atoms with E-state index in [1.165, 1.54) is 43.2 Å². The summed E-state index contributed by atoms with van der Waals surface area (Å²) in [6.45, 7) is 4.02. The van der Waals surface area contributed by atoms with Crippen molar-refractivity contribution < 1.29 is 22.0 Å². The molecule has 1 heterocycles. The molecule has 6 nitrogen and oxygen atoms in total. The molecule has 2 aromatic rings. The minimum atomic E-state index is -4.65. The molecular weight excluding hydrogens is 432 g/mol. The number of nitrogens with zero attached hydrogens (tertiary/aromatic N) is 2. The smallest absolute Gasteiger partial charge is 0.325 e. The Balaban J connectivity index is 1.63. The summed E-state index contributed by atoms with van der Waals surface area (Å²) in [4.78, 5) is 16.5. The SMILES string of the molecule is Cc1nc(SCC(=O)Nc2ccc(S(=O)(=O)C(F)F)cc2)n(C2CCCCC2)c1C. The fourth-order valence-corrected chi connectivity index (χ4v) is 5.31. The van der Waals surface area contributed by atoms with Crippen LogP contribution in [0.2, 0.25) is 0 Å². The summed E-state index contributed by atoms with van der Waals surface area (Å²) in [5.41, 5.74) is 2.43. The van der Waals surface area contributed by atoms with E-state index in [1.807, 2.05) is 6.92 Å². The normalized spacial score (nSPS) is 15.5. The van der Waals surface area contributed by atoms with Crippen molar-refractivity contribution >= 4 is 33.2 Å². The van der Waals surface area contributed by atoms with Crippen LogP contribution in [-0.4, -0.2) is 35.4 Å². The van der Waals surface area contributed by atoms with Gasteiger partial charge in [-0.25, -0.2) is 13.4 Å². The lowest BCUT2D eigenvalue weighted by Gasteiger charge is -2.26. The summed E-state index contributed by atoms with van der Waals surface area (Å²) < 4.78 is 50.4. The van der Waals surface area contributed by atoms with Gasteiger partial charge in [0.25, 0.3) is 0 Å². The zero-order valence-electron chi connectivity index (χ0n) is 16.9. The second kappa shape index (κ2) is 9.47. The number of aromatic nitrogens is 2. The van der Waals surface area contributed by atoms with Gasteiger partial charge in [-0.05, 0) is 51.0 Å². The predicted molar refractivity (Wildman–Crippen MR) is 113 cm³/mol. The van der Waals surface area contributed by atoms with E-state index in [9.17, 15) is 22.0 Å². The molecule has 3 rings (SSSR count). The molecule has 1 aromatic carbocycles.